The molecule has 0 heterocycles. The monoisotopic (exact) mass is 257 g/mol. The van der Waals surface area contributed by atoms with Crippen molar-refractivity contribution in [3.8, 4) is 11.8 Å². The fraction of sp³-hybridized carbons (Fsp3) is 0.250. The molecule has 96 valence electrons. The van der Waals surface area contributed by atoms with Gasteiger partial charge in [-0.15, -0.1) is 0 Å². The molecule has 2 N–H and O–H groups in total. The van der Waals surface area contributed by atoms with Crippen LogP contribution in [0.1, 0.15) is 5.56 Å². The van der Waals surface area contributed by atoms with Crippen LogP contribution in [0.5, 0.6) is 0 Å². The Hall–Kier alpha value is -2.00. The molecular weight excluding hydrogens is 247 g/mol. The molecule has 0 fully saturated rings. The van der Waals surface area contributed by atoms with Gasteiger partial charge in [0.1, 0.15) is 0 Å². The number of benzene rings is 1. The second kappa shape index (κ2) is 6.07. The highest BCUT2D eigenvalue weighted by Crippen LogP contribution is 2.18. The van der Waals surface area contributed by atoms with Crippen LogP contribution in [0.3, 0.4) is 0 Å². The number of amides is 1. The van der Waals surface area contributed by atoms with E-state index < -0.39 is 24.7 Å². The van der Waals surface area contributed by atoms with Gasteiger partial charge in [0.25, 0.3) is 5.91 Å². The first kappa shape index (κ1) is 14.1. The summed E-state index contributed by atoms with van der Waals surface area (Å²) >= 11 is 0. The molecule has 0 saturated heterocycles. The van der Waals surface area contributed by atoms with Crippen LogP contribution in [0, 0.1) is 11.8 Å². The summed E-state index contributed by atoms with van der Waals surface area (Å²) in [6, 6.07) is 8.52. The van der Waals surface area contributed by atoms with E-state index in [0.29, 0.717) is 5.56 Å². The Kier molecular flexibility index (Phi) is 4.75. The highest BCUT2D eigenvalue weighted by Gasteiger charge is 2.38. The van der Waals surface area contributed by atoms with Crippen molar-refractivity contribution in [3.05, 3.63) is 35.9 Å². The number of hydrogen-bond acceptors (Lipinski definition) is 2. The predicted octanol–water partition coefficient (Wildman–Crippen LogP) is 1.08. The van der Waals surface area contributed by atoms with E-state index in [-0.39, 0.29) is 0 Å². The molecule has 0 aliphatic carbocycles. The molecule has 6 heteroatoms. The van der Waals surface area contributed by atoms with Crippen molar-refractivity contribution in [1.29, 1.82) is 0 Å². The molecule has 0 aromatic heterocycles. The molecule has 3 nitrogen and oxygen atoms in total. The van der Waals surface area contributed by atoms with Gasteiger partial charge < -0.3 is 10.4 Å². The van der Waals surface area contributed by atoms with E-state index in [0.717, 1.165) is 0 Å². The number of aliphatic hydroxyl groups is 1. The molecule has 0 aliphatic heterocycles. The Morgan fingerprint density at radius 3 is 2.50 bits per heavy atom. The first-order chi connectivity index (χ1) is 8.39. The maximum Gasteiger partial charge on any atom is 0.416 e. The van der Waals surface area contributed by atoms with Gasteiger partial charge in [-0.1, -0.05) is 24.1 Å². The molecule has 1 rings (SSSR count). The highest BCUT2D eigenvalue weighted by atomic mass is 19.4. The number of aliphatic hydroxyl groups excluding tert-OH is 1. The van der Waals surface area contributed by atoms with Crippen LogP contribution < -0.4 is 5.32 Å². The molecule has 1 unspecified atom stereocenters. The van der Waals surface area contributed by atoms with E-state index in [1.54, 1.807) is 30.3 Å². The van der Waals surface area contributed by atoms with Crippen LogP contribution >= 0.6 is 0 Å². The van der Waals surface area contributed by atoms with E-state index >= 15 is 0 Å². The molecule has 0 aliphatic rings. The van der Waals surface area contributed by atoms with Crippen molar-refractivity contribution in [2.75, 3.05) is 6.54 Å². The van der Waals surface area contributed by atoms with E-state index in [4.69, 9.17) is 5.11 Å². The Morgan fingerprint density at radius 1 is 1.33 bits per heavy atom. The van der Waals surface area contributed by atoms with Gasteiger partial charge in [0.2, 0.25) is 0 Å². The molecule has 0 bridgehead atoms. The van der Waals surface area contributed by atoms with E-state index in [1.807, 2.05) is 5.32 Å². The fourth-order valence-electron chi connectivity index (χ4n) is 1.000. The molecule has 1 amide bonds. The minimum absolute atomic E-state index is 0.573. The third-order valence-electron chi connectivity index (χ3n) is 1.93. The quantitative estimate of drug-likeness (QED) is 0.779. The van der Waals surface area contributed by atoms with E-state index in [1.165, 1.54) is 0 Å². The molecule has 1 aromatic rings. The van der Waals surface area contributed by atoms with Crippen molar-refractivity contribution >= 4 is 5.91 Å². The van der Waals surface area contributed by atoms with Crippen LogP contribution in [0.25, 0.3) is 0 Å². The number of rotatable bonds is 2. The summed E-state index contributed by atoms with van der Waals surface area (Å²) < 4.78 is 35.7. The fourth-order valence-corrected chi connectivity index (χ4v) is 1.000. The van der Waals surface area contributed by atoms with Crippen molar-refractivity contribution in [2.24, 2.45) is 0 Å². The lowest BCUT2D eigenvalue weighted by atomic mass is 10.2. The largest absolute Gasteiger partial charge is 0.416 e. The number of hydrogen-bond donors (Lipinski definition) is 2. The minimum atomic E-state index is -4.75. The predicted molar refractivity (Wildman–Crippen MR) is 58.4 cm³/mol. The Morgan fingerprint density at radius 2 is 1.94 bits per heavy atom. The molecule has 0 saturated carbocycles. The van der Waals surface area contributed by atoms with Gasteiger partial charge >= 0.3 is 6.18 Å². The third-order valence-corrected chi connectivity index (χ3v) is 1.93. The van der Waals surface area contributed by atoms with Gasteiger partial charge in [-0.05, 0) is 12.1 Å². The molecule has 1 aromatic carbocycles. The standard InChI is InChI=1S/C12H10F3NO2/c13-12(14,15)10(17)8-16-11(18)7-6-9-4-2-1-3-5-9/h1-5,10,17H,8H2,(H,16,18). The average Bonchev–Trinajstić information content (AvgIpc) is 2.33. The van der Waals surface area contributed by atoms with Gasteiger partial charge in [-0.3, -0.25) is 4.79 Å². The van der Waals surface area contributed by atoms with E-state index in [9.17, 15) is 18.0 Å². The Labute approximate surface area is 102 Å². The molecule has 18 heavy (non-hydrogen) atoms. The lowest BCUT2D eigenvalue weighted by Gasteiger charge is -2.13. The normalized spacial score (nSPS) is 12.2. The first-order valence-corrected chi connectivity index (χ1v) is 4.99. The lowest BCUT2D eigenvalue weighted by Crippen LogP contribution is -2.40. The summed E-state index contributed by atoms with van der Waals surface area (Å²) in [5.41, 5.74) is 0.573. The lowest BCUT2D eigenvalue weighted by molar-refractivity contribution is -0.201. The summed E-state index contributed by atoms with van der Waals surface area (Å²) in [5.74, 6) is 3.74. The molecule has 0 radical (unpaired) electrons. The summed E-state index contributed by atoms with van der Waals surface area (Å²) in [6.45, 7) is -0.911. The molecule has 0 spiro atoms. The third kappa shape index (κ3) is 4.89. The number of carbonyl (C=O) groups excluding carboxylic acids is 1. The van der Waals surface area contributed by atoms with Crippen molar-refractivity contribution < 1.29 is 23.1 Å². The SMILES string of the molecule is O=C(C#Cc1ccccc1)NCC(O)C(F)(F)F. The zero-order valence-electron chi connectivity index (χ0n) is 9.16. The number of nitrogens with one attached hydrogen (secondary N) is 1. The second-order valence-corrected chi connectivity index (χ2v) is 3.38. The number of carbonyl (C=O) groups is 1. The van der Waals surface area contributed by atoms with Crippen LogP contribution in [0.4, 0.5) is 13.2 Å². The van der Waals surface area contributed by atoms with Gasteiger partial charge in [-0.25, -0.2) is 0 Å². The summed E-state index contributed by atoms with van der Waals surface area (Å²) in [4.78, 5) is 11.1. The zero-order chi connectivity index (χ0) is 13.6. The average molecular weight is 257 g/mol. The molecule has 1 atom stereocenters. The van der Waals surface area contributed by atoms with E-state index in [2.05, 4.69) is 11.8 Å². The Balaban J connectivity index is 2.47. The zero-order valence-corrected chi connectivity index (χ0v) is 9.16. The van der Waals surface area contributed by atoms with Crippen molar-refractivity contribution in [3.63, 3.8) is 0 Å². The van der Waals surface area contributed by atoms with Gasteiger partial charge in [0, 0.05) is 11.5 Å². The summed E-state index contributed by atoms with van der Waals surface area (Å²) in [6.07, 6.45) is -7.33. The van der Waals surface area contributed by atoms with Crippen LogP contribution in [-0.2, 0) is 4.79 Å². The minimum Gasteiger partial charge on any atom is -0.382 e. The van der Waals surface area contributed by atoms with Crippen molar-refractivity contribution in [1.82, 2.24) is 5.32 Å². The highest BCUT2D eigenvalue weighted by molar-refractivity contribution is 5.94. The summed E-state index contributed by atoms with van der Waals surface area (Å²) in [7, 11) is 0. The van der Waals surface area contributed by atoms with Crippen LogP contribution in [-0.4, -0.2) is 29.8 Å². The van der Waals surface area contributed by atoms with Gasteiger partial charge in [0.05, 0.1) is 6.54 Å². The van der Waals surface area contributed by atoms with Crippen molar-refractivity contribution in [2.45, 2.75) is 12.3 Å². The number of halogens is 3. The number of alkyl halides is 3. The second-order valence-electron chi connectivity index (χ2n) is 3.38. The Bertz CT molecular complexity index is 460. The smallest absolute Gasteiger partial charge is 0.382 e. The van der Waals surface area contributed by atoms with Crippen LogP contribution in [0.2, 0.25) is 0 Å². The maximum absolute atomic E-state index is 11.9. The van der Waals surface area contributed by atoms with Gasteiger partial charge in [-0.2, -0.15) is 13.2 Å². The molecular formula is C12H10F3NO2. The topological polar surface area (TPSA) is 49.3 Å². The maximum atomic E-state index is 11.9. The van der Waals surface area contributed by atoms with Crippen LogP contribution in [0.15, 0.2) is 30.3 Å². The van der Waals surface area contributed by atoms with Gasteiger partial charge in [0.15, 0.2) is 6.10 Å². The first-order valence-electron chi connectivity index (χ1n) is 4.99. The summed E-state index contributed by atoms with van der Waals surface area (Å²) in [5, 5.41) is 10.5.